The first-order valence-electron chi connectivity index (χ1n) is 13.3. The van der Waals surface area contributed by atoms with Crippen molar-refractivity contribution in [3.05, 3.63) is 87.7 Å². The third kappa shape index (κ3) is 5.41. The Morgan fingerprint density at radius 1 is 1.16 bits per heavy atom. The van der Waals surface area contributed by atoms with Gasteiger partial charge in [0.25, 0.3) is 5.56 Å². The zero-order chi connectivity index (χ0) is 27.5. The average molecular weight is 539 g/mol. The topological polar surface area (TPSA) is 99.6 Å². The molecule has 1 saturated heterocycles. The van der Waals surface area contributed by atoms with Gasteiger partial charge in [-0.3, -0.25) is 19.1 Å². The molecule has 2 aliphatic rings. The van der Waals surface area contributed by atoms with Gasteiger partial charge in [-0.1, -0.05) is 82.3 Å². The molecule has 2 aromatic rings. The van der Waals surface area contributed by atoms with Gasteiger partial charge in [-0.2, -0.15) is 0 Å². The first-order chi connectivity index (χ1) is 18.1. The van der Waals surface area contributed by atoms with Crippen molar-refractivity contribution in [2.24, 2.45) is 5.92 Å². The van der Waals surface area contributed by atoms with Crippen LogP contribution in [0.4, 0.5) is 0 Å². The number of ether oxygens (including phenoxy) is 2. The van der Waals surface area contributed by atoms with Crippen molar-refractivity contribution in [1.82, 2.24) is 9.55 Å². The van der Waals surface area contributed by atoms with Crippen LogP contribution in [0, 0.1) is 5.92 Å². The molecule has 0 amide bonds. The van der Waals surface area contributed by atoms with Gasteiger partial charge in [0, 0.05) is 30.6 Å². The maximum Gasteiger partial charge on any atom is 0.330 e. The van der Waals surface area contributed by atoms with E-state index in [1.165, 1.54) is 28.9 Å². The Morgan fingerprint density at radius 3 is 2.47 bits per heavy atom. The molecule has 8 nitrogen and oxygen atoms in total. The lowest BCUT2D eigenvalue weighted by atomic mass is 9.95. The number of nitrogens with one attached hydrogen (secondary N) is 1. The summed E-state index contributed by atoms with van der Waals surface area (Å²) in [5.74, 6) is -0.658. The van der Waals surface area contributed by atoms with E-state index in [1.54, 1.807) is 0 Å². The van der Waals surface area contributed by atoms with Crippen molar-refractivity contribution in [1.29, 1.82) is 0 Å². The molecule has 1 aliphatic carbocycles. The van der Waals surface area contributed by atoms with Gasteiger partial charge in [0.15, 0.2) is 12.3 Å². The van der Waals surface area contributed by atoms with Crippen LogP contribution in [0.3, 0.4) is 0 Å². The number of carbonyl (C=O) groups excluding carboxylic acids is 1. The molecule has 0 saturated carbocycles. The summed E-state index contributed by atoms with van der Waals surface area (Å²) in [6.45, 7) is 10.4. The molecule has 2 unspecified atom stereocenters. The van der Waals surface area contributed by atoms with E-state index < -0.39 is 44.0 Å². The highest BCUT2D eigenvalue weighted by molar-refractivity contribution is 6.90. The number of H-pyrrole nitrogens is 1. The second-order valence-corrected chi connectivity index (χ2v) is 15.6. The smallest absolute Gasteiger partial charge is 0.330 e. The van der Waals surface area contributed by atoms with Gasteiger partial charge in [0.05, 0.1) is 12.7 Å². The Hall–Kier alpha value is -3.01. The van der Waals surface area contributed by atoms with Gasteiger partial charge in [-0.05, 0) is 23.1 Å². The van der Waals surface area contributed by atoms with E-state index in [0.29, 0.717) is 6.42 Å². The lowest BCUT2D eigenvalue weighted by molar-refractivity contribution is -0.154. The largest absolute Gasteiger partial charge is 0.457 e. The van der Waals surface area contributed by atoms with Gasteiger partial charge >= 0.3 is 11.7 Å². The number of carbonyl (C=O) groups is 1. The average Bonchev–Trinajstić information content (AvgIpc) is 3.21. The van der Waals surface area contributed by atoms with E-state index in [9.17, 15) is 14.4 Å². The van der Waals surface area contributed by atoms with E-state index in [4.69, 9.17) is 13.9 Å². The van der Waals surface area contributed by atoms with Crippen molar-refractivity contribution in [2.75, 3.05) is 6.61 Å². The molecular formula is C29H38N2O6Si. The number of nitrogens with zero attached hydrogens (tertiary/aromatic N) is 1. The number of hydrogen-bond donors (Lipinski definition) is 1. The van der Waals surface area contributed by atoms with Crippen molar-refractivity contribution >= 4 is 19.5 Å². The Balaban J connectivity index is 1.72. The van der Waals surface area contributed by atoms with Crippen LogP contribution < -0.4 is 16.4 Å². The fraction of sp³-hybridized carbons (Fsp3) is 0.483. The van der Waals surface area contributed by atoms with E-state index in [-0.39, 0.29) is 23.1 Å². The quantitative estimate of drug-likeness (QED) is 0.404. The monoisotopic (exact) mass is 538 g/mol. The van der Waals surface area contributed by atoms with E-state index in [0.717, 1.165) is 6.42 Å². The zero-order valence-corrected chi connectivity index (χ0v) is 23.8. The summed E-state index contributed by atoms with van der Waals surface area (Å²) in [5, 5.41) is 1.06. The van der Waals surface area contributed by atoms with E-state index >= 15 is 0 Å². The number of hydrogen-bond acceptors (Lipinski definition) is 6. The molecule has 9 heteroatoms. The van der Waals surface area contributed by atoms with Crippen molar-refractivity contribution in [3.8, 4) is 0 Å². The number of aromatic nitrogens is 2. The molecule has 38 heavy (non-hydrogen) atoms. The molecule has 1 N–H and O–H groups in total. The normalized spacial score (nSPS) is 26.7. The SMILES string of the molecule is CC[C@H]1[C@@H](OC(C)=O)[C@H](n2ccc(=O)[nH]c2=O)O[C@@H]1CO[Si](c1ccccc1)(C1C=CC=CC1)C(C)(C)C. The molecule has 0 bridgehead atoms. The number of aromatic amines is 1. The number of allylic oxidation sites excluding steroid dienone is 4. The van der Waals surface area contributed by atoms with Crippen molar-refractivity contribution in [2.45, 2.75) is 76.5 Å². The summed E-state index contributed by atoms with van der Waals surface area (Å²) in [4.78, 5) is 38.7. The van der Waals surface area contributed by atoms with E-state index in [2.05, 4.69) is 74.3 Å². The van der Waals surface area contributed by atoms with Crippen LogP contribution >= 0.6 is 0 Å². The lowest BCUT2D eigenvalue weighted by Gasteiger charge is -2.47. The van der Waals surface area contributed by atoms with Gasteiger partial charge in [-0.15, -0.1) is 0 Å². The summed E-state index contributed by atoms with van der Waals surface area (Å²) >= 11 is 0. The van der Waals surface area contributed by atoms with Gasteiger partial charge in [0.1, 0.15) is 0 Å². The van der Waals surface area contributed by atoms with Crippen LogP contribution in [0.2, 0.25) is 10.6 Å². The van der Waals surface area contributed by atoms with Crippen LogP contribution in [-0.2, 0) is 18.7 Å². The molecule has 0 radical (unpaired) electrons. The number of benzene rings is 1. The lowest BCUT2D eigenvalue weighted by Crippen LogP contribution is -2.61. The Kier molecular flexibility index (Phi) is 8.39. The first kappa shape index (κ1) is 28.0. The molecule has 0 spiro atoms. The van der Waals surface area contributed by atoms with Crippen LogP contribution in [0.15, 0.2) is 76.5 Å². The zero-order valence-electron chi connectivity index (χ0n) is 22.8. The highest BCUT2D eigenvalue weighted by Crippen LogP contribution is 2.48. The van der Waals surface area contributed by atoms with E-state index in [1.807, 2.05) is 13.0 Å². The van der Waals surface area contributed by atoms with Crippen molar-refractivity contribution in [3.63, 3.8) is 0 Å². The second-order valence-electron chi connectivity index (χ2n) is 11.0. The molecule has 1 aliphatic heterocycles. The summed E-state index contributed by atoms with van der Waals surface area (Å²) in [5.41, 5.74) is -0.894. The molecule has 1 fully saturated rings. The molecule has 6 atom stereocenters. The highest BCUT2D eigenvalue weighted by atomic mass is 28.4. The van der Waals surface area contributed by atoms with Crippen LogP contribution in [-0.4, -0.2) is 42.7 Å². The fourth-order valence-electron chi connectivity index (χ4n) is 6.02. The number of esters is 1. The van der Waals surface area contributed by atoms with Crippen LogP contribution in [0.1, 0.15) is 53.7 Å². The maximum atomic E-state index is 12.6. The first-order valence-corrected chi connectivity index (χ1v) is 15.2. The third-order valence-electron chi connectivity index (χ3n) is 7.69. The standard InChI is InChI=1S/C29H38N2O6Si/c1-6-23-24(37-27(26(23)36-20(2)32)31-18-17-25(33)30-28(31)34)19-35-38(29(3,4)5,21-13-9-7-10-14-21)22-15-11-8-12-16-22/h7-15,17-18,22-24,26-27H,6,16,19H2,1-5H3,(H,30,33,34)/t22?,23-,24-,26-,27-,38?/m1/s1. The minimum Gasteiger partial charge on any atom is -0.457 e. The van der Waals surface area contributed by atoms with Gasteiger partial charge in [-0.25, -0.2) is 4.79 Å². The Morgan fingerprint density at radius 2 is 1.89 bits per heavy atom. The van der Waals surface area contributed by atoms with Crippen molar-refractivity contribution < 1.29 is 18.7 Å². The molecule has 1 aromatic heterocycles. The Labute approximate surface area is 224 Å². The second kappa shape index (κ2) is 11.4. The predicted molar refractivity (Wildman–Crippen MR) is 149 cm³/mol. The molecule has 4 rings (SSSR count). The molecule has 2 heterocycles. The molecular weight excluding hydrogens is 500 g/mol. The van der Waals surface area contributed by atoms with Gasteiger partial charge in [0.2, 0.25) is 8.32 Å². The Bertz CT molecular complexity index is 1290. The summed E-state index contributed by atoms with van der Waals surface area (Å²) in [7, 11) is -2.70. The summed E-state index contributed by atoms with van der Waals surface area (Å²) in [6, 6.07) is 11.7. The third-order valence-corrected chi connectivity index (χ3v) is 13.2. The van der Waals surface area contributed by atoms with Gasteiger partial charge < -0.3 is 13.9 Å². The molecule has 204 valence electrons. The van der Waals surface area contributed by atoms with Crippen LogP contribution in [0.25, 0.3) is 0 Å². The fourth-order valence-corrected chi connectivity index (χ4v) is 11.2. The summed E-state index contributed by atoms with van der Waals surface area (Å²) in [6.07, 6.45) is 9.57. The maximum absolute atomic E-state index is 12.6. The number of rotatable bonds is 8. The van der Waals surface area contributed by atoms with Crippen LogP contribution in [0.5, 0.6) is 0 Å². The minimum atomic E-state index is -2.70. The predicted octanol–water partition coefficient (Wildman–Crippen LogP) is 3.95. The molecule has 1 aromatic carbocycles. The summed E-state index contributed by atoms with van der Waals surface area (Å²) < 4.78 is 20.6. The highest BCUT2D eigenvalue weighted by Gasteiger charge is 2.55. The minimum absolute atomic E-state index is 0.153.